The fourth-order valence-electron chi connectivity index (χ4n) is 5.65. The maximum Gasteiger partial charge on any atom is 0.340 e. The number of carbonyl (C=O) groups is 2. The second kappa shape index (κ2) is 13.0. The van der Waals surface area contributed by atoms with Gasteiger partial charge in [0, 0.05) is 28.9 Å². The van der Waals surface area contributed by atoms with E-state index in [1.165, 1.54) is 16.6 Å². The van der Waals surface area contributed by atoms with Crippen molar-refractivity contribution in [1.82, 2.24) is 19.9 Å². The van der Waals surface area contributed by atoms with Crippen molar-refractivity contribution in [1.29, 1.82) is 0 Å². The third-order valence-electron chi connectivity index (χ3n) is 7.75. The second-order valence-corrected chi connectivity index (χ2v) is 12.7. The third-order valence-corrected chi connectivity index (χ3v) is 8.10. The summed E-state index contributed by atoms with van der Waals surface area (Å²) in [6.07, 6.45) is 0.0203. The number of ether oxygens (including phenoxy) is 3. The van der Waals surface area contributed by atoms with Crippen molar-refractivity contribution in [2.75, 3.05) is 13.2 Å². The Labute approximate surface area is 271 Å². The number of benzene rings is 2. The van der Waals surface area contributed by atoms with Crippen LogP contribution in [0.1, 0.15) is 84.2 Å². The van der Waals surface area contributed by atoms with Crippen LogP contribution in [0, 0.1) is 32.4 Å². The molecule has 2 aromatic heterocycles. The number of aryl methyl sites for hydroxylation is 2. The zero-order chi connectivity index (χ0) is 33.5. The van der Waals surface area contributed by atoms with Gasteiger partial charge in [-0.05, 0) is 90.1 Å². The average molecular weight is 655 g/mol. The molecule has 1 N–H and O–H groups in total. The standard InChI is InChI=1S/C34H37ClF2N4O5/c1-8-44-33(43)30(46-34(5,6)7)25-19(4)39-31-26(35)27(32(42)38-16-20-11-12-23(36)17(2)14-20)40-41(31)28(25)22-15-24(37)29-21(18(22)3)10-9-13-45-29/h11-12,14-15,30H,8-10,13,16H2,1-7H3,(H,38,42). The fourth-order valence-corrected chi connectivity index (χ4v) is 5.89. The van der Waals surface area contributed by atoms with E-state index in [0.29, 0.717) is 58.5 Å². The Hall–Kier alpha value is -4.09. The quantitative estimate of drug-likeness (QED) is 0.206. The van der Waals surface area contributed by atoms with Crippen LogP contribution in [0.15, 0.2) is 24.3 Å². The summed E-state index contributed by atoms with van der Waals surface area (Å²) in [7, 11) is 0. The Morgan fingerprint density at radius 3 is 2.57 bits per heavy atom. The largest absolute Gasteiger partial charge is 0.490 e. The molecule has 2 aromatic carbocycles. The summed E-state index contributed by atoms with van der Waals surface area (Å²) in [5.74, 6) is -1.98. The highest BCUT2D eigenvalue weighted by atomic mass is 35.5. The minimum Gasteiger partial charge on any atom is -0.490 e. The molecule has 1 unspecified atom stereocenters. The van der Waals surface area contributed by atoms with Gasteiger partial charge in [0.1, 0.15) is 10.8 Å². The van der Waals surface area contributed by atoms with Gasteiger partial charge in [-0.15, -0.1) is 0 Å². The van der Waals surface area contributed by atoms with Crippen LogP contribution in [0.5, 0.6) is 5.75 Å². The van der Waals surface area contributed by atoms with Crippen molar-refractivity contribution in [3.63, 3.8) is 0 Å². The van der Waals surface area contributed by atoms with Crippen molar-refractivity contribution in [3.8, 4) is 17.0 Å². The molecule has 1 aliphatic heterocycles. The summed E-state index contributed by atoms with van der Waals surface area (Å²) in [6, 6.07) is 5.88. The number of fused-ring (bicyclic) bond motifs is 2. The lowest BCUT2D eigenvalue weighted by Crippen LogP contribution is -2.30. The summed E-state index contributed by atoms with van der Waals surface area (Å²) in [5, 5.41) is 7.33. The van der Waals surface area contributed by atoms with Gasteiger partial charge in [0.25, 0.3) is 5.91 Å². The van der Waals surface area contributed by atoms with E-state index >= 15 is 4.39 Å². The SMILES string of the molecule is CCOC(=O)C(OC(C)(C)C)c1c(C)nc2c(Cl)c(C(=O)NCc3ccc(F)c(C)c3)nn2c1-c1cc(F)c2c(c1C)CCCO2. The van der Waals surface area contributed by atoms with E-state index in [2.05, 4.69) is 15.4 Å². The fraction of sp³-hybridized carbons (Fsp3) is 0.412. The molecule has 4 aromatic rings. The number of carbonyl (C=O) groups excluding carboxylic acids is 2. The summed E-state index contributed by atoms with van der Waals surface area (Å²) in [5.41, 5.74) is 3.09. The molecular weight excluding hydrogens is 618 g/mol. The van der Waals surface area contributed by atoms with Gasteiger partial charge in [-0.1, -0.05) is 23.7 Å². The van der Waals surface area contributed by atoms with Crippen LogP contribution in [-0.2, 0) is 27.2 Å². The molecule has 5 rings (SSSR count). The molecule has 1 atom stereocenters. The Morgan fingerprint density at radius 1 is 1.15 bits per heavy atom. The Morgan fingerprint density at radius 2 is 1.89 bits per heavy atom. The van der Waals surface area contributed by atoms with Crippen molar-refractivity contribution < 1.29 is 32.6 Å². The number of aromatic nitrogens is 3. The number of halogens is 3. The van der Waals surface area contributed by atoms with Gasteiger partial charge in [-0.25, -0.2) is 23.1 Å². The Kier molecular flexibility index (Phi) is 9.38. The maximum absolute atomic E-state index is 15.7. The molecule has 3 heterocycles. The molecule has 0 radical (unpaired) electrons. The minimum atomic E-state index is -1.27. The predicted molar refractivity (Wildman–Crippen MR) is 169 cm³/mol. The molecule has 1 amide bonds. The predicted octanol–water partition coefficient (Wildman–Crippen LogP) is 6.93. The van der Waals surface area contributed by atoms with Crippen LogP contribution >= 0.6 is 11.6 Å². The van der Waals surface area contributed by atoms with Gasteiger partial charge in [0.05, 0.1) is 24.5 Å². The molecule has 12 heteroatoms. The maximum atomic E-state index is 15.7. The lowest BCUT2D eigenvalue weighted by atomic mass is 9.91. The molecule has 0 saturated carbocycles. The number of nitrogens with zero attached hydrogens (tertiary/aromatic N) is 3. The minimum absolute atomic E-state index is 0.0347. The molecule has 244 valence electrons. The van der Waals surface area contributed by atoms with Crippen LogP contribution in [0.3, 0.4) is 0 Å². The zero-order valence-electron chi connectivity index (χ0n) is 26.9. The molecular formula is C34H37ClF2N4O5. The van der Waals surface area contributed by atoms with Gasteiger partial charge in [0.15, 0.2) is 29.0 Å². The summed E-state index contributed by atoms with van der Waals surface area (Å²) >= 11 is 6.78. The second-order valence-electron chi connectivity index (χ2n) is 12.3. The molecule has 0 saturated heterocycles. The summed E-state index contributed by atoms with van der Waals surface area (Å²) in [4.78, 5) is 31.6. The molecule has 46 heavy (non-hydrogen) atoms. The van der Waals surface area contributed by atoms with Crippen LogP contribution in [-0.4, -0.2) is 45.3 Å². The number of amides is 1. The van der Waals surface area contributed by atoms with Crippen molar-refractivity contribution in [2.24, 2.45) is 0 Å². The molecule has 0 spiro atoms. The van der Waals surface area contributed by atoms with Crippen LogP contribution in [0.25, 0.3) is 16.9 Å². The van der Waals surface area contributed by atoms with Gasteiger partial charge in [-0.3, -0.25) is 4.79 Å². The van der Waals surface area contributed by atoms with Crippen LogP contribution < -0.4 is 10.1 Å². The first kappa shape index (κ1) is 33.3. The van der Waals surface area contributed by atoms with Crippen LogP contribution in [0.2, 0.25) is 5.02 Å². The lowest BCUT2D eigenvalue weighted by Gasteiger charge is -2.29. The molecule has 1 aliphatic rings. The first-order valence-electron chi connectivity index (χ1n) is 15.1. The molecule has 9 nitrogen and oxygen atoms in total. The van der Waals surface area contributed by atoms with Crippen molar-refractivity contribution in [3.05, 3.63) is 80.1 Å². The van der Waals surface area contributed by atoms with E-state index in [4.69, 9.17) is 25.8 Å². The highest BCUT2D eigenvalue weighted by Gasteiger charge is 2.36. The van der Waals surface area contributed by atoms with Gasteiger partial charge in [-0.2, -0.15) is 5.10 Å². The number of rotatable bonds is 8. The first-order chi connectivity index (χ1) is 21.7. The number of esters is 1. The van der Waals surface area contributed by atoms with E-state index in [9.17, 15) is 14.0 Å². The van der Waals surface area contributed by atoms with E-state index in [-0.39, 0.29) is 46.8 Å². The molecule has 0 fully saturated rings. The van der Waals surface area contributed by atoms with E-state index < -0.39 is 29.4 Å². The van der Waals surface area contributed by atoms with Gasteiger partial charge >= 0.3 is 5.97 Å². The number of nitrogens with one attached hydrogen (secondary N) is 1. The van der Waals surface area contributed by atoms with Gasteiger partial charge < -0.3 is 19.5 Å². The Balaban J connectivity index is 1.74. The molecule has 0 aliphatic carbocycles. The first-order valence-corrected chi connectivity index (χ1v) is 15.5. The zero-order valence-corrected chi connectivity index (χ0v) is 27.7. The summed E-state index contributed by atoms with van der Waals surface area (Å²) < 4.78 is 48.2. The lowest BCUT2D eigenvalue weighted by molar-refractivity contribution is -0.166. The summed E-state index contributed by atoms with van der Waals surface area (Å²) in [6.45, 7) is 12.9. The molecule has 0 bridgehead atoms. The van der Waals surface area contributed by atoms with Crippen molar-refractivity contribution in [2.45, 2.75) is 79.6 Å². The van der Waals surface area contributed by atoms with E-state index in [1.807, 2.05) is 6.92 Å². The van der Waals surface area contributed by atoms with E-state index in [1.54, 1.807) is 53.7 Å². The average Bonchev–Trinajstić information content (AvgIpc) is 3.33. The highest BCUT2D eigenvalue weighted by molar-refractivity contribution is 6.36. The normalized spacial score (nSPS) is 13.7. The third kappa shape index (κ3) is 6.43. The topological polar surface area (TPSA) is 104 Å². The number of hydrogen-bond donors (Lipinski definition) is 1. The van der Waals surface area contributed by atoms with Crippen LogP contribution in [0.4, 0.5) is 8.78 Å². The number of hydrogen-bond acceptors (Lipinski definition) is 7. The van der Waals surface area contributed by atoms with Gasteiger partial charge in [0.2, 0.25) is 0 Å². The smallest absolute Gasteiger partial charge is 0.340 e. The highest BCUT2D eigenvalue weighted by Crippen LogP contribution is 2.42. The monoisotopic (exact) mass is 654 g/mol. The van der Waals surface area contributed by atoms with Crippen molar-refractivity contribution >= 4 is 29.1 Å². The van der Waals surface area contributed by atoms with E-state index in [0.717, 1.165) is 0 Å². The Bertz CT molecular complexity index is 1850.